The van der Waals surface area contributed by atoms with Gasteiger partial charge in [-0.15, -0.1) is 0 Å². The molecule has 6 heteroatoms. The van der Waals surface area contributed by atoms with Crippen LogP contribution < -0.4 is 10.5 Å². The molecule has 4 rings (SSSR count). The van der Waals surface area contributed by atoms with E-state index < -0.39 is 5.97 Å². The Hall–Kier alpha value is -3.64. The van der Waals surface area contributed by atoms with Crippen molar-refractivity contribution >= 4 is 16.9 Å². The quantitative estimate of drug-likeness (QED) is 0.457. The summed E-state index contributed by atoms with van der Waals surface area (Å²) in [6.07, 6.45) is 1.43. The first kappa shape index (κ1) is 19.7. The van der Waals surface area contributed by atoms with E-state index in [4.69, 9.17) is 20.0 Å². The van der Waals surface area contributed by atoms with Crippen LogP contribution in [0.2, 0.25) is 0 Å². The molecule has 1 heterocycles. The van der Waals surface area contributed by atoms with Crippen LogP contribution in [0.5, 0.6) is 5.75 Å². The number of carboxylic acid groups (broad SMARTS) is 1. The van der Waals surface area contributed by atoms with Crippen molar-refractivity contribution in [2.24, 2.45) is 5.73 Å². The highest BCUT2D eigenvalue weighted by atomic mass is 19.1. The summed E-state index contributed by atoms with van der Waals surface area (Å²) in [5.74, 6) is -0.787. The van der Waals surface area contributed by atoms with Gasteiger partial charge >= 0.3 is 5.97 Å². The number of furan rings is 1. The summed E-state index contributed by atoms with van der Waals surface area (Å²) in [6, 6.07) is 17.7. The molecule has 4 aromatic rings. The Morgan fingerprint density at radius 3 is 2.63 bits per heavy atom. The number of hydrogen-bond donors (Lipinski definition) is 2. The molecule has 30 heavy (non-hydrogen) atoms. The molecule has 3 aromatic carbocycles. The molecule has 0 atom stereocenters. The van der Waals surface area contributed by atoms with Crippen LogP contribution in [-0.2, 0) is 24.4 Å². The molecule has 0 saturated carbocycles. The third-order valence-corrected chi connectivity index (χ3v) is 4.93. The lowest BCUT2D eigenvalue weighted by Gasteiger charge is -2.13. The number of nitrogens with two attached hydrogens (primary N) is 1. The molecular weight excluding hydrogens is 385 g/mol. The molecule has 0 aliphatic carbocycles. The van der Waals surface area contributed by atoms with Crippen LogP contribution in [0.4, 0.5) is 4.39 Å². The molecule has 0 fully saturated rings. The topological polar surface area (TPSA) is 85.7 Å². The van der Waals surface area contributed by atoms with Gasteiger partial charge in [-0.05, 0) is 35.4 Å². The first-order chi connectivity index (χ1) is 14.6. The first-order valence-electron chi connectivity index (χ1n) is 9.47. The number of benzene rings is 3. The number of para-hydroxylation sites is 1. The Morgan fingerprint density at radius 1 is 1.03 bits per heavy atom. The maximum Gasteiger partial charge on any atom is 0.307 e. The molecule has 5 nitrogen and oxygen atoms in total. The maximum atomic E-state index is 15.0. The summed E-state index contributed by atoms with van der Waals surface area (Å²) in [5, 5.41) is 9.88. The Bertz CT molecular complexity index is 1220. The van der Waals surface area contributed by atoms with Gasteiger partial charge in [0, 0.05) is 28.6 Å². The third kappa shape index (κ3) is 3.90. The Balaban J connectivity index is 1.70. The number of hydrogen-bond acceptors (Lipinski definition) is 4. The van der Waals surface area contributed by atoms with Crippen molar-refractivity contribution in [3.8, 4) is 16.9 Å². The third-order valence-electron chi connectivity index (χ3n) is 4.93. The molecule has 0 bridgehead atoms. The summed E-state index contributed by atoms with van der Waals surface area (Å²) in [4.78, 5) is 11.1. The van der Waals surface area contributed by atoms with Gasteiger partial charge in [0.25, 0.3) is 0 Å². The van der Waals surface area contributed by atoms with E-state index >= 15 is 0 Å². The second-order valence-electron chi connectivity index (χ2n) is 6.93. The van der Waals surface area contributed by atoms with Crippen molar-refractivity contribution < 1.29 is 23.4 Å². The van der Waals surface area contributed by atoms with Crippen molar-refractivity contribution in [1.29, 1.82) is 0 Å². The molecule has 0 amide bonds. The van der Waals surface area contributed by atoms with Gasteiger partial charge in [-0.2, -0.15) is 0 Å². The number of fused-ring (bicyclic) bond motifs is 1. The lowest BCUT2D eigenvalue weighted by Crippen LogP contribution is -2.04. The first-order valence-corrected chi connectivity index (χ1v) is 9.47. The van der Waals surface area contributed by atoms with E-state index in [1.165, 1.54) is 0 Å². The Labute approximate surface area is 172 Å². The number of ether oxygens (including phenoxy) is 1. The summed E-state index contributed by atoms with van der Waals surface area (Å²) >= 11 is 0. The minimum atomic E-state index is -0.930. The fourth-order valence-corrected chi connectivity index (χ4v) is 3.49. The zero-order valence-electron chi connectivity index (χ0n) is 16.1. The molecule has 3 N–H and O–H groups in total. The summed E-state index contributed by atoms with van der Waals surface area (Å²) in [6.45, 7) is 0.288. The van der Waals surface area contributed by atoms with E-state index in [0.717, 1.165) is 10.9 Å². The number of carboxylic acids is 1. The van der Waals surface area contributed by atoms with Crippen LogP contribution in [0.1, 0.15) is 16.7 Å². The van der Waals surface area contributed by atoms with Crippen LogP contribution >= 0.6 is 0 Å². The van der Waals surface area contributed by atoms with Gasteiger partial charge in [-0.1, -0.05) is 36.4 Å². The zero-order valence-corrected chi connectivity index (χ0v) is 16.1. The minimum absolute atomic E-state index is 0.108. The highest BCUT2D eigenvalue weighted by Gasteiger charge is 2.15. The van der Waals surface area contributed by atoms with Gasteiger partial charge in [0.15, 0.2) is 0 Å². The second-order valence-corrected chi connectivity index (χ2v) is 6.93. The smallest absolute Gasteiger partial charge is 0.307 e. The fourth-order valence-electron chi connectivity index (χ4n) is 3.49. The van der Waals surface area contributed by atoms with Gasteiger partial charge in [0.05, 0.1) is 12.7 Å². The van der Waals surface area contributed by atoms with Crippen LogP contribution in [0, 0.1) is 5.82 Å². The molecule has 0 radical (unpaired) electrons. The Morgan fingerprint density at radius 2 is 1.83 bits per heavy atom. The average Bonchev–Trinajstić information content (AvgIpc) is 3.21. The van der Waals surface area contributed by atoms with Crippen molar-refractivity contribution in [3.05, 3.63) is 89.4 Å². The summed E-state index contributed by atoms with van der Waals surface area (Å²) < 4.78 is 26.4. The second kappa shape index (κ2) is 8.39. The van der Waals surface area contributed by atoms with E-state index in [9.17, 15) is 9.18 Å². The monoisotopic (exact) mass is 405 g/mol. The van der Waals surface area contributed by atoms with E-state index in [-0.39, 0.29) is 25.4 Å². The van der Waals surface area contributed by atoms with Gasteiger partial charge < -0.3 is 20.0 Å². The van der Waals surface area contributed by atoms with Gasteiger partial charge in [-0.25, -0.2) is 4.39 Å². The zero-order chi connectivity index (χ0) is 21.1. The molecule has 0 aliphatic heterocycles. The number of rotatable bonds is 7. The number of carbonyl (C=O) groups is 1. The standard InChI is InChI=1S/C24H20FNO4/c25-24-17(13-26)5-3-6-19(24)20-10-15(11-22-18(20)8-9-29-22)14-30-21-7-2-1-4-16(21)12-23(27)28/h1-11H,12-14,26H2,(H,27,28). The molecule has 0 saturated heterocycles. The van der Waals surface area contributed by atoms with Crippen LogP contribution in [0.25, 0.3) is 22.1 Å². The van der Waals surface area contributed by atoms with Crippen LogP contribution in [0.15, 0.2) is 71.3 Å². The normalized spacial score (nSPS) is 11.0. The predicted octanol–water partition coefficient (Wildman–Crippen LogP) is 4.90. The minimum Gasteiger partial charge on any atom is -0.489 e. The van der Waals surface area contributed by atoms with Crippen LogP contribution in [0.3, 0.4) is 0 Å². The molecule has 1 aromatic heterocycles. The van der Waals surface area contributed by atoms with E-state index in [2.05, 4.69) is 0 Å². The number of aliphatic carboxylic acids is 1. The highest BCUT2D eigenvalue weighted by molar-refractivity contribution is 5.94. The SMILES string of the molecule is NCc1cccc(-c2cc(COc3ccccc3CC(=O)O)cc3occc23)c1F. The lowest BCUT2D eigenvalue weighted by molar-refractivity contribution is -0.136. The molecule has 0 aliphatic rings. The number of halogens is 1. The Kier molecular flexibility index (Phi) is 5.50. The van der Waals surface area contributed by atoms with Crippen LogP contribution in [-0.4, -0.2) is 11.1 Å². The fraction of sp³-hybridized carbons (Fsp3) is 0.125. The van der Waals surface area contributed by atoms with E-state index in [1.807, 2.05) is 12.1 Å². The van der Waals surface area contributed by atoms with Gasteiger partial charge in [-0.3, -0.25) is 4.79 Å². The van der Waals surface area contributed by atoms with Crippen molar-refractivity contribution in [1.82, 2.24) is 0 Å². The van der Waals surface area contributed by atoms with Crippen molar-refractivity contribution in [2.45, 2.75) is 19.6 Å². The predicted molar refractivity (Wildman–Crippen MR) is 112 cm³/mol. The molecule has 0 spiro atoms. The van der Waals surface area contributed by atoms with Crippen molar-refractivity contribution in [2.75, 3.05) is 0 Å². The summed E-state index contributed by atoms with van der Waals surface area (Å²) in [7, 11) is 0. The molecule has 0 unspecified atom stereocenters. The molecular formula is C24H20FNO4. The lowest BCUT2D eigenvalue weighted by atomic mass is 9.97. The van der Waals surface area contributed by atoms with E-state index in [0.29, 0.717) is 33.6 Å². The van der Waals surface area contributed by atoms with E-state index in [1.54, 1.807) is 54.8 Å². The molecule has 152 valence electrons. The summed E-state index contributed by atoms with van der Waals surface area (Å²) in [5.41, 5.74) is 9.20. The van der Waals surface area contributed by atoms with Gasteiger partial charge in [0.2, 0.25) is 0 Å². The average molecular weight is 405 g/mol. The van der Waals surface area contributed by atoms with Crippen molar-refractivity contribution in [3.63, 3.8) is 0 Å². The maximum absolute atomic E-state index is 15.0. The highest BCUT2D eigenvalue weighted by Crippen LogP contribution is 2.34. The largest absolute Gasteiger partial charge is 0.489 e. The van der Waals surface area contributed by atoms with Gasteiger partial charge in [0.1, 0.15) is 23.8 Å².